The second-order valence-corrected chi connectivity index (χ2v) is 8.26. The minimum absolute atomic E-state index is 0.332. The molecule has 1 aromatic rings. The van der Waals surface area contributed by atoms with E-state index in [-0.39, 0.29) is 0 Å². The first-order valence-electron chi connectivity index (χ1n) is 8.34. The Balaban J connectivity index is 1.78. The molecule has 22 heavy (non-hydrogen) atoms. The maximum atomic E-state index is 12.9. The first kappa shape index (κ1) is 15.7. The van der Waals surface area contributed by atoms with Gasteiger partial charge in [-0.15, -0.1) is 0 Å². The molecule has 1 saturated carbocycles. The first-order valence-corrected chi connectivity index (χ1v) is 9.78. The summed E-state index contributed by atoms with van der Waals surface area (Å²) < 4.78 is 27.3. The molecular weight excluding hydrogens is 298 g/mol. The fourth-order valence-corrected chi connectivity index (χ4v) is 4.86. The van der Waals surface area contributed by atoms with E-state index >= 15 is 0 Å². The molecule has 1 aliphatic carbocycles. The summed E-state index contributed by atoms with van der Waals surface area (Å²) in [6, 6.07) is 3.76. The normalized spacial score (nSPS) is 25.9. The summed E-state index contributed by atoms with van der Waals surface area (Å²) in [5.74, 6) is 1.19. The van der Waals surface area contributed by atoms with E-state index < -0.39 is 10.0 Å². The van der Waals surface area contributed by atoms with Crippen LogP contribution in [0.4, 0.5) is 5.82 Å². The smallest absolute Gasteiger partial charge is 0.246 e. The third-order valence-corrected chi connectivity index (χ3v) is 6.54. The van der Waals surface area contributed by atoms with Crippen LogP contribution in [-0.4, -0.2) is 36.8 Å². The fourth-order valence-electron chi connectivity index (χ4n) is 3.24. The number of nitrogens with zero attached hydrogens (tertiary/aromatic N) is 2. The summed E-state index contributed by atoms with van der Waals surface area (Å²) in [6.45, 7) is 3.43. The molecule has 0 bridgehead atoms. The molecule has 2 aliphatic rings. The summed E-state index contributed by atoms with van der Waals surface area (Å²) in [6.07, 6.45) is 8.16. The Morgan fingerprint density at radius 3 is 2.82 bits per heavy atom. The highest BCUT2D eigenvalue weighted by atomic mass is 32.2. The van der Waals surface area contributed by atoms with Gasteiger partial charge in [0.15, 0.2) is 0 Å². The Hall–Kier alpha value is -1.14. The van der Waals surface area contributed by atoms with E-state index in [4.69, 9.17) is 0 Å². The van der Waals surface area contributed by atoms with E-state index in [0.29, 0.717) is 35.8 Å². The molecule has 122 valence electrons. The summed E-state index contributed by atoms with van der Waals surface area (Å²) in [4.78, 5) is 4.63. The Kier molecular flexibility index (Phi) is 4.68. The van der Waals surface area contributed by atoms with Crippen LogP contribution in [0.15, 0.2) is 23.2 Å². The molecule has 0 radical (unpaired) electrons. The quantitative estimate of drug-likeness (QED) is 0.874. The second-order valence-electron chi connectivity index (χ2n) is 6.35. The number of pyridine rings is 1. The summed E-state index contributed by atoms with van der Waals surface area (Å²) >= 11 is 0. The van der Waals surface area contributed by atoms with Gasteiger partial charge in [0.2, 0.25) is 10.0 Å². The average molecular weight is 323 g/mol. The molecule has 0 aromatic carbocycles. The molecular formula is C16H25N3O2S. The van der Waals surface area contributed by atoms with Gasteiger partial charge in [0.05, 0.1) is 0 Å². The lowest BCUT2D eigenvalue weighted by atomic mass is 10.2. The van der Waals surface area contributed by atoms with Crippen LogP contribution in [0.25, 0.3) is 0 Å². The minimum Gasteiger partial charge on any atom is -0.366 e. The first-order chi connectivity index (χ1) is 10.6. The van der Waals surface area contributed by atoms with E-state index in [1.807, 2.05) is 0 Å². The summed E-state index contributed by atoms with van der Waals surface area (Å²) in [7, 11) is -3.43. The van der Waals surface area contributed by atoms with E-state index in [0.717, 1.165) is 25.7 Å². The minimum atomic E-state index is -3.43. The number of piperidine rings is 1. The van der Waals surface area contributed by atoms with Crippen LogP contribution >= 0.6 is 0 Å². The number of hydrogen-bond donors (Lipinski definition) is 1. The Morgan fingerprint density at radius 1 is 1.32 bits per heavy atom. The third-order valence-electron chi connectivity index (χ3n) is 4.61. The van der Waals surface area contributed by atoms with Crippen LogP contribution in [0.1, 0.15) is 45.4 Å². The summed E-state index contributed by atoms with van der Waals surface area (Å²) in [5.41, 5.74) is 0. The van der Waals surface area contributed by atoms with Gasteiger partial charge in [-0.1, -0.05) is 19.8 Å². The van der Waals surface area contributed by atoms with Crippen LogP contribution in [0, 0.1) is 5.92 Å². The SMILES string of the molecule is CCCC1CC1Nc1ncccc1S(=O)(=O)N1CCCCC1. The van der Waals surface area contributed by atoms with Gasteiger partial charge in [0, 0.05) is 25.3 Å². The highest BCUT2D eigenvalue weighted by Gasteiger charge is 2.38. The molecule has 3 rings (SSSR count). The molecule has 1 aromatic heterocycles. The van der Waals surface area contributed by atoms with Crippen molar-refractivity contribution < 1.29 is 8.42 Å². The van der Waals surface area contributed by atoms with E-state index in [2.05, 4.69) is 17.2 Å². The molecule has 1 N–H and O–H groups in total. The number of rotatable bonds is 6. The zero-order valence-corrected chi connectivity index (χ0v) is 14.0. The van der Waals surface area contributed by atoms with Crippen molar-refractivity contribution in [3.05, 3.63) is 18.3 Å². The van der Waals surface area contributed by atoms with Crippen molar-refractivity contribution in [3.8, 4) is 0 Å². The van der Waals surface area contributed by atoms with Crippen LogP contribution in [0.2, 0.25) is 0 Å². The van der Waals surface area contributed by atoms with Crippen molar-refractivity contribution in [3.63, 3.8) is 0 Å². The fraction of sp³-hybridized carbons (Fsp3) is 0.688. The zero-order valence-electron chi connectivity index (χ0n) is 13.2. The Morgan fingerprint density at radius 2 is 2.09 bits per heavy atom. The predicted octanol–water partition coefficient (Wildman–Crippen LogP) is 2.86. The Bertz CT molecular complexity index is 612. The molecule has 2 heterocycles. The van der Waals surface area contributed by atoms with E-state index in [9.17, 15) is 8.42 Å². The lowest BCUT2D eigenvalue weighted by Crippen LogP contribution is -2.36. The molecule has 6 heteroatoms. The molecule has 0 amide bonds. The van der Waals surface area contributed by atoms with Crippen LogP contribution < -0.4 is 5.32 Å². The van der Waals surface area contributed by atoms with Crippen molar-refractivity contribution in [2.24, 2.45) is 5.92 Å². The number of sulfonamides is 1. The van der Waals surface area contributed by atoms with Gasteiger partial charge in [-0.25, -0.2) is 13.4 Å². The topological polar surface area (TPSA) is 62.3 Å². The molecule has 0 spiro atoms. The van der Waals surface area contributed by atoms with Gasteiger partial charge >= 0.3 is 0 Å². The van der Waals surface area contributed by atoms with Gasteiger partial charge in [0.1, 0.15) is 10.7 Å². The lowest BCUT2D eigenvalue weighted by Gasteiger charge is -2.26. The zero-order chi connectivity index (χ0) is 15.6. The lowest BCUT2D eigenvalue weighted by molar-refractivity contribution is 0.346. The number of aromatic nitrogens is 1. The number of anilines is 1. The van der Waals surface area contributed by atoms with Gasteiger partial charge in [-0.3, -0.25) is 0 Å². The van der Waals surface area contributed by atoms with Crippen LogP contribution in [0.3, 0.4) is 0 Å². The molecule has 2 unspecified atom stereocenters. The van der Waals surface area contributed by atoms with E-state index in [1.54, 1.807) is 22.6 Å². The molecule has 1 aliphatic heterocycles. The number of hydrogen-bond acceptors (Lipinski definition) is 4. The molecule has 2 fully saturated rings. The molecule has 2 atom stereocenters. The predicted molar refractivity (Wildman–Crippen MR) is 87.3 cm³/mol. The third kappa shape index (κ3) is 3.27. The van der Waals surface area contributed by atoms with Gasteiger partial charge in [0.25, 0.3) is 0 Å². The average Bonchev–Trinajstić information content (AvgIpc) is 3.26. The van der Waals surface area contributed by atoms with Gasteiger partial charge in [-0.05, 0) is 43.7 Å². The van der Waals surface area contributed by atoms with Crippen molar-refractivity contribution in [1.29, 1.82) is 0 Å². The molecule has 1 saturated heterocycles. The van der Waals surface area contributed by atoms with Crippen molar-refractivity contribution in [1.82, 2.24) is 9.29 Å². The maximum absolute atomic E-state index is 12.9. The summed E-state index contributed by atoms with van der Waals surface area (Å²) in [5, 5.41) is 3.35. The standard InChI is InChI=1S/C16H25N3O2S/c1-2-7-13-12-14(13)18-16-15(8-6-9-17-16)22(20,21)19-10-4-3-5-11-19/h6,8-9,13-14H,2-5,7,10-12H2,1H3,(H,17,18). The Labute approximate surface area is 133 Å². The van der Waals surface area contributed by atoms with Crippen molar-refractivity contribution >= 4 is 15.8 Å². The van der Waals surface area contributed by atoms with E-state index in [1.165, 1.54) is 12.8 Å². The van der Waals surface area contributed by atoms with Crippen molar-refractivity contribution in [2.75, 3.05) is 18.4 Å². The van der Waals surface area contributed by atoms with Crippen LogP contribution in [0.5, 0.6) is 0 Å². The number of nitrogens with one attached hydrogen (secondary N) is 1. The highest BCUT2D eigenvalue weighted by molar-refractivity contribution is 7.89. The maximum Gasteiger partial charge on any atom is 0.246 e. The van der Waals surface area contributed by atoms with Gasteiger partial charge in [-0.2, -0.15) is 4.31 Å². The largest absolute Gasteiger partial charge is 0.366 e. The van der Waals surface area contributed by atoms with Gasteiger partial charge < -0.3 is 5.32 Å². The van der Waals surface area contributed by atoms with Crippen molar-refractivity contribution in [2.45, 2.75) is 56.4 Å². The highest BCUT2D eigenvalue weighted by Crippen LogP contribution is 2.38. The second kappa shape index (κ2) is 6.54. The van der Waals surface area contributed by atoms with Crippen LogP contribution in [-0.2, 0) is 10.0 Å². The monoisotopic (exact) mass is 323 g/mol. The molecule has 5 nitrogen and oxygen atoms in total.